The third-order valence-electron chi connectivity index (χ3n) is 7.70. The number of benzene rings is 3. The van der Waals surface area contributed by atoms with E-state index >= 15 is 0 Å². The van der Waals surface area contributed by atoms with Gasteiger partial charge in [-0.2, -0.15) is 0 Å². The largest absolute Gasteiger partial charge is 0.495 e. The third kappa shape index (κ3) is 2.30. The molecule has 2 bridgehead atoms. The Morgan fingerprint density at radius 1 is 0.941 bits per heavy atom. The molecule has 6 nitrogen and oxygen atoms in total. The van der Waals surface area contributed by atoms with E-state index in [1.165, 1.54) is 20.1 Å². The standard InChI is InChI=1S/C28H21NO5/c1-15(31)16-11-12-22(34-2)21(13-16)29-26(32)24-23-17-7-3-5-9-19(17)28(14-30,25(24)27(29)33)20-10-6-4-8-18(20)23/h3-14,23-25H,1-2H3/t23?,24-,25+,28?/m0/s1. The third-order valence-corrected chi connectivity index (χ3v) is 7.70. The number of ketones is 1. The maximum atomic E-state index is 14.1. The molecule has 7 rings (SSSR count). The van der Waals surface area contributed by atoms with Gasteiger partial charge in [-0.05, 0) is 47.4 Å². The number of nitrogens with zero attached hydrogens (tertiary/aromatic N) is 1. The number of ether oxygens (including phenoxy) is 1. The first-order chi connectivity index (χ1) is 16.5. The first kappa shape index (κ1) is 20.5. The second kappa shape index (κ2) is 6.97. The zero-order chi connectivity index (χ0) is 23.8. The molecule has 34 heavy (non-hydrogen) atoms. The van der Waals surface area contributed by atoms with Crippen molar-refractivity contribution < 1.29 is 23.9 Å². The van der Waals surface area contributed by atoms with Crippen molar-refractivity contribution in [1.29, 1.82) is 0 Å². The Hall–Kier alpha value is -4.06. The molecular formula is C28H21NO5. The molecular weight excluding hydrogens is 430 g/mol. The van der Waals surface area contributed by atoms with Gasteiger partial charge in [0.25, 0.3) is 0 Å². The van der Waals surface area contributed by atoms with E-state index < -0.39 is 23.2 Å². The van der Waals surface area contributed by atoms with Gasteiger partial charge in [0.2, 0.25) is 11.8 Å². The van der Waals surface area contributed by atoms with Gasteiger partial charge in [-0.1, -0.05) is 48.5 Å². The van der Waals surface area contributed by atoms with E-state index in [1.807, 2.05) is 48.5 Å². The number of aldehydes is 1. The molecule has 1 aliphatic heterocycles. The summed E-state index contributed by atoms with van der Waals surface area (Å²) in [5.74, 6) is -2.66. The Morgan fingerprint density at radius 3 is 2.12 bits per heavy atom. The smallest absolute Gasteiger partial charge is 0.239 e. The summed E-state index contributed by atoms with van der Waals surface area (Å²) in [6.45, 7) is 1.42. The lowest BCUT2D eigenvalue weighted by molar-refractivity contribution is -0.128. The van der Waals surface area contributed by atoms with Gasteiger partial charge in [0.15, 0.2) is 5.78 Å². The number of amides is 2. The normalized spacial score (nSPS) is 26.1. The fraction of sp³-hybridized carbons (Fsp3) is 0.214. The van der Waals surface area contributed by atoms with Crippen molar-refractivity contribution in [3.63, 3.8) is 0 Å². The maximum absolute atomic E-state index is 14.1. The fourth-order valence-corrected chi connectivity index (χ4v) is 6.35. The molecule has 168 valence electrons. The maximum Gasteiger partial charge on any atom is 0.239 e. The van der Waals surface area contributed by atoms with Crippen LogP contribution in [-0.4, -0.2) is 31.0 Å². The minimum Gasteiger partial charge on any atom is -0.495 e. The minimum absolute atomic E-state index is 0.190. The van der Waals surface area contributed by atoms with Gasteiger partial charge >= 0.3 is 0 Å². The van der Waals surface area contributed by atoms with Crippen molar-refractivity contribution >= 4 is 29.6 Å². The van der Waals surface area contributed by atoms with Gasteiger partial charge in [-0.15, -0.1) is 0 Å². The monoisotopic (exact) mass is 451 g/mol. The van der Waals surface area contributed by atoms with Gasteiger partial charge in [0.05, 0.1) is 30.0 Å². The Kier molecular flexibility index (Phi) is 4.21. The van der Waals surface area contributed by atoms with Crippen LogP contribution in [0, 0.1) is 11.8 Å². The Bertz CT molecular complexity index is 1380. The van der Waals surface area contributed by atoms with Crippen molar-refractivity contribution in [3.05, 3.63) is 94.5 Å². The highest BCUT2D eigenvalue weighted by Gasteiger charge is 2.68. The molecule has 4 aliphatic rings. The number of Topliss-reactive ketones (excluding diaryl/α,β-unsaturated/α-hetero) is 1. The molecule has 0 N–H and O–H groups in total. The average molecular weight is 451 g/mol. The quantitative estimate of drug-likeness (QED) is 0.344. The van der Waals surface area contributed by atoms with Crippen LogP contribution < -0.4 is 9.64 Å². The number of carbonyl (C=O) groups is 4. The lowest BCUT2D eigenvalue weighted by Gasteiger charge is -2.51. The van der Waals surface area contributed by atoms with Crippen LogP contribution in [0.3, 0.4) is 0 Å². The average Bonchev–Trinajstić information content (AvgIpc) is 3.14. The molecule has 1 heterocycles. The summed E-state index contributed by atoms with van der Waals surface area (Å²) in [6.07, 6.45) is 0.843. The molecule has 1 fully saturated rings. The number of carbonyl (C=O) groups excluding carboxylic acids is 4. The minimum atomic E-state index is -1.26. The number of hydrogen-bond acceptors (Lipinski definition) is 5. The van der Waals surface area contributed by atoms with E-state index in [-0.39, 0.29) is 23.3 Å². The van der Waals surface area contributed by atoms with Crippen LogP contribution in [0.15, 0.2) is 66.7 Å². The summed E-state index contributed by atoms with van der Waals surface area (Å²) >= 11 is 0. The molecule has 0 radical (unpaired) electrons. The van der Waals surface area contributed by atoms with Gasteiger partial charge in [0.1, 0.15) is 12.0 Å². The summed E-state index contributed by atoms with van der Waals surface area (Å²) < 4.78 is 5.46. The van der Waals surface area contributed by atoms with Crippen LogP contribution in [0.25, 0.3) is 0 Å². The summed E-state index contributed by atoms with van der Waals surface area (Å²) in [7, 11) is 1.45. The summed E-state index contributed by atoms with van der Waals surface area (Å²) in [5, 5.41) is 0. The van der Waals surface area contributed by atoms with E-state index in [1.54, 1.807) is 12.1 Å². The first-order valence-corrected chi connectivity index (χ1v) is 11.2. The molecule has 1 saturated heterocycles. The van der Waals surface area contributed by atoms with Crippen molar-refractivity contribution in [2.24, 2.45) is 11.8 Å². The molecule has 0 unspecified atom stereocenters. The lowest BCUT2D eigenvalue weighted by atomic mass is 9.48. The van der Waals surface area contributed by atoms with Crippen molar-refractivity contribution in [3.8, 4) is 5.75 Å². The fourth-order valence-electron chi connectivity index (χ4n) is 6.35. The van der Waals surface area contributed by atoms with Crippen LogP contribution in [0.4, 0.5) is 5.69 Å². The number of methoxy groups -OCH3 is 1. The van der Waals surface area contributed by atoms with Crippen LogP contribution in [0.2, 0.25) is 0 Å². The number of imide groups is 1. The summed E-state index contributed by atoms with van der Waals surface area (Å²) in [4.78, 5) is 54.3. The topological polar surface area (TPSA) is 80.8 Å². The van der Waals surface area contributed by atoms with E-state index in [2.05, 4.69) is 0 Å². The second-order valence-corrected chi connectivity index (χ2v) is 9.10. The van der Waals surface area contributed by atoms with E-state index in [0.29, 0.717) is 11.3 Å². The van der Waals surface area contributed by atoms with Gasteiger partial charge < -0.3 is 9.53 Å². The van der Waals surface area contributed by atoms with Crippen molar-refractivity contribution in [1.82, 2.24) is 0 Å². The number of anilines is 1. The molecule has 2 atom stereocenters. The Balaban J connectivity index is 1.62. The molecule has 6 heteroatoms. The SMILES string of the molecule is COc1ccc(C(C)=O)cc1N1C(=O)[C@H]2C3c4ccccc4C(C=O)(c4ccccc43)[C@H]2C1=O. The van der Waals surface area contributed by atoms with E-state index in [9.17, 15) is 19.2 Å². The lowest BCUT2D eigenvalue weighted by Crippen LogP contribution is -2.54. The predicted molar refractivity (Wildman–Crippen MR) is 124 cm³/mol. The van der Waals surface area contributed by atoms with Crippen LogP contribution in [-0.2, 0) is 19.8 Å². The molecule has 3 aliphatic carbocycles. The van der Waals surface area contributed by atoms with Crippen LogP contribution >= 0.6 is 0 Å². The first-order valence-electron chi connectivity index (χ1n) is 11.2. The summed E-state index contributed by atoms with van der Waals surface area (Å²) in [6, 6.07) is 19.9. The van der Waals surface area contributed by atoms with E-state index in [4.69, 9.17) is 4.74 Å². The predicted octanol–water partition coefficient (Wildman–Crippen LogP) is 3.65. The molecule has 0 spiro atoms. The van der Waals surface area contributed by atoms with Crippen LogP contribution in [0.5, 0.6) is 5.75 Å². The highest BCUT2D eigenvalue weighted by Crippen LogP contribution is 2.63. The van der Waals surface area contributed by atoms with Crippen LogP contribution in [0.1, 0.15) is 45.5 Å². The molecule has 3 aromatic carbocycles. The molecule has 0 saturated carbocycles. The number of hydrogen-bond donors (Lipinski definition) is 0. The van der Waals surface area contributed by atoms with Gasteiger partial charge in [-0.3, -0.25) is 14.4 Å². The zero-order valence-corrected chi connectivity index (χ0v) is 18.6. The Labute approximate surface area is 196 Å². The van der Waals surface area contributed by atoms with Gasteiger partial charge in [-0.25, -0.2) is 4.90 Å². The highest BCUT2D eigenvalue weighted by atomic mass is 16.5. The van der Waals surface area contributed by atoms with Crippen molar-refractivity contribution in [2.45, 2.75) is 18.3 Å². The molecule has 0 aromatic heterocycles. The van der Waals surface area contributed by atoms with E-state index in [0.717, 1.165) is 33.4 Å². The second-order valence-electron chi connectivity index (χ2n) is 9.10. The van der Waals surface area contributed by atoms with Crippen molar-refractivity contribution in [2.75, 3.05) is 12.0 Å². The zero-order valence-electron chi connectivity index (χ0n) is 18.6. The Morgan fingerprint density at radius 2 is 1.56 bits per heavy atom. The van der Waals surface area contributed by atoms with Gasteiger partial charge in [0, 0.05) is 11.5 Å². The highest BCUT2D eigenvalue weighted by molar-refractivity contribution is 6.25. The molecule has 3 aromatic rings. The summed E-state index contributed by atoms with van der Waals surface area (Å²) in [5.41, 5.74) is 2.70. The molecule has 2 amide bonds. The number of rotatable bonds is 4.